The predicted octanol–water partition coefficient (Wildman–Crippen LogP) is 3.32. The summed E-state index contributed by atoms with van der Waals surface area (Å²) in [5.74, 6) is -9.77. The maximum Gasteiger partial charge on any atom is 0.248 e. The number of benzene rings is 2. The van der Waals surface area contributed by atoms with Crippen molar-refractivity contribution in [1.29, 1.82) is 0 Å². The highest BCUT2D eigenvalue weighted by atomic mass is 16.5. The number of aliphatic hydroxyl groups excluding tert-OH is 1. The minimum Gasteiger partial charge on any atom is -0.391 e. The van der Waals surface area contributed by atoms with Gasteiger partial charge in [0.1, 0.15) is 60.4 Å². The fourth-order valence-electron chi connectivity index (χ4n) is 12.3. The van der Waals surface area contributed by atoms with Crippen molar-refractivity contribution in [3.8, 4) is 0 Å². The van der Waals surface area contributed by atoms with E-state index >= 15 is 24.0 Å². The van der Waals surface area contributed by atoms with E-state index in [1.165, 1.54) is 65.9 Å². The van der Waals surface area contributed by atoms with Gasteiger partial charge in [-0.2, -0.15) is 0 Å². The molecule has 0 radical (unpaired) electrons. The lowest BCUT2D eigenvalue weighted by Crippen LogP contribution is -2.62. The zero-order chi connectivity index (χ0) is 76.6. The van der Waals surface area contributed by atoms with E-state index in [4.69, 9.17) is 9.47 Å². The summed E-state index contributed by atoms with van der Waals surface area (Å²) in [5.41, 5.74) is 0.392. The van der Waals surface area contributed by atoms with Gasteiger partial charge in [0, 0.05) is 74.8 Å². The van der Waals surface area contributed by atoms with Gasteiger partial charge < -0.3 is 75.5 Å². The summed E-state index contributed by atoms with van der Waals surface area (Å²) in [4.78, 5) is 188. The lowest BCUT2D eigenvalue weighted by molar-refractivity contribution is -0.151. The zero-order valence-corrected chi connectivity index (χ0v) is 64.0. The van der Waals surface area contributed by atoms with E-state index in [1.807, 2.05) is 55.4 Å². The highest BCUT2D eigenvalue weighted by Gasteiger charge is 2.43. The average Bonchev–Trinajstić information content (AvgIpc) is 0.818. The molecule has 2 aliphatic rings. The van der Waals surface area contributed by atoms with Crippen LogP contribution >= 0.6 is 0 Å². The zero-order valence-electron chi connectivity index (χ0n) is 64.0. The molecule has 6 N–H and O–H groups in total. The normalized spacial score (nSPS) is 24.9. The Hall–Kier alpha value is -8.04. The molecule has 27 nitrogen and oxygen atoms in total. The molecule has 570 valence electrons. The van der Waals surface area contributed by atoms with Gasteiger partial charge in [0.15, 0.2) is 0 Å². The SMILES string of the molecule is CC(C)CCOC[C@@H]1NC(=O)[C@H](Cc2ccccc2)N(C)C(=O)[C@@H](C)NC(=O)C[C@@H](C(=O)N2CCCCC2)NC(=O)[C@H](CC(C)C)N(C)C(=O)[C@H](Cc2ccccc2)N(C)C(=O)[C@H](COC(C)(C)C)NC(=O)[C@H](CC(C)C)N(C)C(=O)CN(C)C(=O)[C@H]([C@@H](C)O)NC(=O)[C@H](CC(C)C)N(C)C1=O. The third kappa shape index (κ3) is 26.7. The second-order valence-corrected chi connectivity index (χ2v) is 30.3. The van der Waals surface area contributed by atoms with Crippen LogP contribution in [0.15, 0.2) is 60.7 Å². The molecule has 0 spiro atoms. The molecule has 4 rings (SSSR count). The van der Waals surface area contributed by atoms with Crippen LogP contribution in [0.2, 0.25) is 0 Å². The standard InChI is InChI=1S/C75H120N12O15/c1-46(2)33-36-101-44-55-70(96)84(17)59(39-49(7)8)68(94)80-64(51(10)88)74(100)81(14)43-63(90)82(15)57(37-47(3)4)65(91)79-56(45-102-75(11,12)13)71(97)86(19)61(41-53-31-25-21-26-32-53)73(99)85(18)58(38-48(5)6)66(92)77-54(72(98)87-34-27-22-28-35-87)42-62(89)76-50(9)69(95)83(16)60(67(93)78-55)40-52-29-23-20-24-30-52/h20-21,23-26,29-32,46-51,54-61,64,88H,22,27-28,33-45H2,1-19H3,(H,76,89)(H,77,92)(H,78,93)(H,79,91)(H,80,94)/t50-,51-,54+,55+,56+,57+,58+,59+,60+,61+,64+/m1/s1. The average molecular weight is 1430 g/mol. The van der Waals surface area contributed by atoms with E-state index in [0.717, 1.165) is 26.0 Å². The number of carbonyl (C=O) groups is 12. The number of likely N-dealkylation sites (N-methyl/N-ethyl adjacent to an activating group) is 6. The molecule has 0 aliphatic carbocycles. The van der Waals surface area contributed by atoms with Gasteiger partial charge in [-0.3, -0.25) is 57.5 Å². The molecule has 0 saturated carbocycles. The summed E-state index contributed by atoms with van der Waals surface area (Å²) in [6.07, 6.45) is 0.510. The summed E-state index contributed by atoms with van der Waals surface area (Å²) in [6.45, 7) is 22.3. The van der Waals surface area contributed by atoms with Crippen LogP contribution in [0.3, 0.4) is 0 Å². The minimum absolute atomic E-state index is 0.0204. The summed E-state index contributed by atoms with van der Waals surface area (Å²) < 4.78 is 12.3. The van der Waals surface area contributed by atoms with E-state index in [1.54, 1.807) is 86.3 Å². The lowest BCUT2D eigenvalue weighted by atomic mass is 9.98. The number of ether oxygens (including phenoxy) is 2. The van der Waals surface area contributed by atoms with Crippen molar-refractivity contribution in [2.24, 2.45) is 23.7 Å². The van der Waals surface area contributed by atoms with E-state index in [2.05, 4.69) is 26.6 Å². The van der Waals surface area contributed by atoms with Crippen LogP contribution < -0.4 is 26.6 Å². The van der Waals surface area contributed by atoms with E-state index in [0.29, 0.717) is 43.5 Å². The van der Waals surface area contributed by atoms with Gasteiger partial charge in [0.2, 0.25) is 70.9 Å². The van der Waals surface area contributed by atoms with Crippen molar-refractivity contribution in [3.63, 3.8) is 0 Å². The molecule has 2 fully saturated rings. The van der Waals surface area contributed by atoms with Crippen LogP contribution in [-0.4, -0.2) is 264 Å². The number of nitrogens with zero attached hydrogens (tertiary/aromatic N) is 7. The van der Waals surface area contributed by atoms with E-state index < -0.39 is 163 Å². The number of carbonyl (C=O) groups excluding carboxylic acids is 12. The van der Waals surface area contributed by atoms with Gasteiger partial charge in [-0.25, -0.2) is 0 Å². The summed E-state index contributed by atoms with van der Waals surface area (Å²) in [6, 6.07) is 3.51. The quantitative estimate of drug-likeness (QED) is 0.110. The first-order valence-corrected chi connectivity index (χ1v) is 36.1. The predicted molar refractivity (Wildman–Crippen MR) is 387 cm³/mol. The Kier molecular flexibility index (Phi) is 34.5. The van der Waals surface area contributed by atoms with Crippen LogP contribution in [0.4, 0.5) is 0 Å². The van der Waals surface area contributed by atoms with Gasteiger partial charge in [-0.1, -0.05) is 116 Å². The van der Waals surface area contributed by atoms with E-state index in [9.17, 15) is 38.7 Å². The van der Waals surface area contributed by atoms with Crippen LogP contribution in [0.1, 0.15) is 153 Å². The molecule has 102 heavy (non-hydrogen) atoms. The largest absolute Gasteiger partial charge is 0.391 e. The maximum absolute atomic E-state index is 15.6. The Morgan fingerprint density at radius 1 is 0.510 bits per heavy atom. The molecule has 2 aromatic carbocycles. The van der Waals surface area contributed by atoms with Crippen LogP contribution in [-0.2, 0) is 79.8 Å². The van der Waals surface area contributed by atoms with Gasteiger partial charge in [-0.05, 0) is 114 Å². The van der Waals surface area contributed by atoms with Crippen molar-refractivity contribution >= 4 is 70.9 Å². The fourth-order valence-corrected chi connectivity index (χ4v) is 12.3. The Balaban J connectivity index is 1.97. The first-order valence-electron chi connectivity index (χ1n) is 36.1. The number of piperidine rings is 1. The van der Waals surface area contributed by atoms with Crippen molar-refractivity contribution in [2.45, 2.75) is 226 Å². The molecule has 0 aromatic heterocycles. The molecule has 2 saturated heterocycles. The van der Waals surface area contributed by atoms with Crippen molar-refractivity contribution < 1.29 is 72.1 Å². The Morgan fingerprint density at radius 3 is 1.42 bits per heavy atom. The number of hydrogen-bond acceptors (Lipinski definition) is 15. The number of nitrogens with one attached hydrogen (secondary N) is 5. The van der Waals surface area contributed by atoms with Gasteiger partial charge >= 0.3 is 0 Å². The fraction of sp³-hybridized carbons (Fsp3) is 0.680. The molecular weight excluding hydrogens is 1310 g/mol. The summed E-state index contributed by atoms with van der Waals surface area (Å²) in [5, 5.41) is 25.1. The number of likely N-dealkylation sites (tertiary alicyclic amines) is 1. The van der Waals surface area contributed by atoms with Gasteiger partial charge in [0.05, 0.1) is 37.9 Å². The highest BCUT2D eigenvalue weighted by Crippen LogP contribution is 2.23. The second-order valence-electron chi connectivity index (χ2n) is 30.3. The third-order valence-electron chi connectivity index (χ3n) is 18.5. The van der Waals surface area contributed by atoms with Crippen molar-refractivity contribution in [1.82, 2.24) is 60.9 Å². The topological polar surface area (TPSA) is 326 Å². The first kappa shape index (κ1) is 86.4. The monoisotopic (exact) mass is 1430 g/mol. The van der Waals surface area contributed by atoms with Crippen LogP contribution in [0.25, 0.3) is 0 Å². The molecule has 11 atom stereocenters. The molecule has 0 unspecified atom stereocenters. The first-order chi connectivity index (χ1) is 47.7. The third-order valence-corrected chi connectivity index (χ3v) is 18.5. The van der Waals surface area contributed by atoms with Crippen molar-refractivity contribution in [3.05, 3.63) is 71.8 Å². The lowest BCUT2D eigenvalue weighted by Gasteiger charge is -2.38. The second kappa shape index (κ2) is 40.7. The maximum atomic E-state index is 15.6. The number of aliphatic hydroxyl groups is 1. The molecular formula is C75H120N12O15. The highest BCUT2D eigenvalue weighted by molar-refractivity contribution is 6.00. The van der Waals surface area contributed by atoms with Gasteiger partial charge in [-0.15, -0.1) is 0 Å². The smallest absolute Gasteiger partial charge is 0.248 e. The van der Waals surface area contributed by atoms with Crippen molar-refractivity contribution in [2.75, 3.05) is 81.7 Å². The van der Waals surface area contributed by atoms with Gasteiger partial charge in [0.25, 0.3) is 0 Å². The van der Waals surface area contributed by atoms with Crippen LogP contribution in [0.5, 0.6) is 0 Å². The molecule has 2 heterocycles. The van der Waals surface area contributed by atoms with E-state index in [-0.39, 0.29) is 69.0 Å². The summed E-state index contributed by atoms with van der Waals surface area (Å²) in [7, 11) is 8.21. The number of rotatable bonds is 19. The number of amides is 12. The minimum atomic E-state index is -1.68. The Morgan fingerprint density at radius 2 is 0.941 bits per heavy atom. The Labute approximate surface area is 604 Å². The molecule has 2 aliphatic heterocycles. The molecule has 27 heteroatoms. The molecule has 0 bridgehead atoms. The molecule has 12 amide bonds. The Bertz CT molecular complexity index is 3120. The molecule has 2 aromatic rings. The summed E-state index contributed by atoms with van der Waals surface area (Å²) >= 11 is 0. The number of hydrogen-bond donors (Lipinski definition) is 6. The van der Waals surface area contributed by atoms with Crippen LogP contribution in [0, 0.1) is 23.7 Å².